The average molecular weight is 452 g/mol. The molecular weight excluding hydrogens is 432 g/mol. The van der Waals surface area contributed by atoms with Gasteiger partial charge in [0.25, 0.3) is 5.91 Å². The molecule has 0 aromatic heterocycles. The third-order valence-corrected chi connectivity index (χ3v) is 5.22. The fourth-order valence-electron chi connectivity index (χ4n) is 3.01. The van der Waals surface area contributed by atoms with Crippen molar-refractivity contribution in [2.24, 2.45) is 5.92 Å². The molecule has 3 rings (SSSR count). The lowest BCUT2D eigenvalue weighted by Crippen LogP contribution is -2.45. The van der Waals surface area contributed by atoms with Crippen LogP contribution in [0.25, 0.3) is 0 Å². The maximum atomic E-state index is 12.5. The summed E-state index contributed by atoms with van der Waals surface area (Å²) in [4.78, 5) is 26.7. The lowest BCUT2D eigenvalue weighted by molar-refractivity contribution is -0.136. The Balaban J connectivity index is 1.53. The third-order valence-electron chi connectivity index (χ3n) is 4.43. The third kappa shape index (κ3) is 5.47. The lowest BCUT2D eigenvalue weighted by atomic mass is 9.97. The van der Waals surface area contributed by atoms with Gasteiger partial charge in [0.15, 0.2) is 6.61 Å². The number of carbonyl (C=O) groups is 2. The van der Waals surface area contributed by atoms with Crippen LogP contribution in [0.3, 0.4) is 0 Å². The zero-order valence-electron chi connectivity index (χ0n) is 14.7. The summed E-state index contributed by atoms with van der Waals surface area (Å²) < 4.78 is 6.40. The highest BCUT2D eigenvalue weighted by Gasteiger charge is 2.28. The Kier molecular flexibility index (Phi) is 6.74. The Morgan fingerprint density at radius 2 is 2.00 bits per heavy atom. The van der Waals surface area contributed by atoms with Gasteiger partial charge in [0.2, 0.25) is 5.91 Å². The molecule has 7 heteroatoms. The number of rotatable bonds is 5. The summed E-state index contributed by atoms with van der Waals surface area (Å²) >= 11 is 9.44. The van der Waals surface area contributed by atoms with Crippen LogP contribution in [0.4, 0.5) is 5.69 Å². The number of para-hydroxylation sites is 1. The molecule has 0 spiro atoms. The zero-order chi connectivity index (χ0) is 19.2. The maximum Gasteiger partial charge on any atom is 0.260 e. The second-order valence-electron chi connectivity index (χ2n) is 6.40. The van der Waals surface area contributed by atoms with E-state index in [4.69, 9.17) is 16.3 Å². The monoisotopic (exact) mass is 450 g/mol. The zero-order valence-corrected chi connectivity index (χ0v) is 17.0. The first-order chi connectivity index (χ1) is 13.0. The Morgan fingerprint density at radius 1 is 1.22 bits per heavy atom. The van der Waals surface area contributed by atoms with Crippen molar-refractivity contribution in [3.05, 3.63) is 58.0 Å². The average Bonchev–Trinajstić information content (AvgIpc) is 2.68. The van der Waals surface area contributed by atoms with E-state index in [0.29, 0.717) is 23.9 Å². The number of anilines is 1. The van der Waals surface area contributed by atoms with E-state index in [2.05, 4.69) is 21.2 Å². The van der Waals surface area contributed by atoms with Crippen molar-refractivity contribution in [1.29, 1.82) is 0 Å². The van der Waals surface area contributed by atoms with Gasteiger partial charge in [-0.05, 0) is 43.2 Å². The topological polar surface area (TPSA) is 58.6 Å². The maximum absolute atomic E-state index is 12.5. The highest BCUT2D eigenvalue weighted by molar-refractivity contribution is 9.10. The van der Waals surface area contributed by atoms with Crippen molar-refractivity contribution in [3.63, 3.8) is 0 Å². The first kappa shape index (κ1) is 19.7. The molecule has 1 aliphatic rings. The van der Waals surface area contributed by atoms with Gasteiger partial charge in [0.05, 0.1) is 10.9 Å². The summed E-state index contributed by atoms with van der Waals surface area (Å²) in [6, 6.07) is 14.6. The van der Waals surface area contributed by atoms with E-state index in [1.165, 1.54) is 0 Å². The highest BCUT2D eigenvalue weighted by atomic mass is 79.9. The number of nitrogens with zero attached hydrogens (tertiary/aromatic N) is 1. The van der Waals surface area contributed by atoms with Crippen molar-refractivity contribution in [2.45, 2.75) is 12.8 Å². The molecule has 0 aliphatic carbocycles. The molecule has 2 amide bonds. The molecule has 0 unspecified atom stereocenters. The van der Waals surface area contributed by atoms with E-state index < -0.39 is 0 Å². The summed E-state index contributed by atoms with van der Waals surface area (Å²) in [5.41, 5.74) is 0.763. The van der Waals surface area contributed by atoms with Gasteiger partial charge in [-0.3, -0.25) is 9.59 Å². The number of piperidine rings is 1. The molecule has 1 fully saturated rings. The van der Waals surface area contributed by atoms with Crippen molar-refractivity contribution in [3.8, 4) is 5.75 Å². The van der Waals surface area contributed by atoms with Gasteiger partial charge in [-0.15, -0.1) is 0 Å². The van der Waals surface area contributed by atoms with Crippen molar-refractivity contribution in [1.82, 2.24) is 4.90 Å². The second-order valence-corrected chi connectivity index (χ2v) is 7.72. The van der Waals surface area contributed by atoms with E-state index >= 15 is 0 Å². The van der Waals surface area contributed by atoms with E-state index in [1.807, 2.05) is 30.3 Å². The first-order valence-corrected chi connectivity index (χ1v) is 9.91. The van der Waals surface area contributed by atoms with Gasteiger partial charge in [-0.25, -0.2) is 0 Å². The number of benzene rings is 2. The van der Waals surface area contributed by atoms with Gasteiger partial charge in [0, 0.05) is 23.2 Å². The van der Waals surface area contributed by atoms with Crippen LogP contribution in [0.15, 0.2) is 53.0 Å². The van der Waals surface area contributed by atoms with Crippen LogP contribution >= 0.6 is 27.5 Å². The number of amides is 2. The summed E-state index contributed by atoms with van der Waals surface area (Å²) in [7, 11) is 0. The molecule has 142 valence electrons. The van der Waals surface area contributed by atoms with Gasteiger partial charge in [-0.2, -0.15) is 0 Å². The number of likely N-dealkylation sites (tertiary alicyclic amines) is 1. The minimum absolute atomic E-state index is 0.0597. The van der Waals surface area contributed by atoms with Crippen LogP contribution in [0.5, 0.6) is 5.75 Å². The Labute approximate surface area is 171 Å². The number of carbonyl (C=O) groups excluding carboxylic acids is 2. The van der Waals surface area contributed by atoms with Crippen LogP contribution in [-0.4, -0.2) is 36.4 Å². The number of nitrogens with one attached hydrogen (secondary N) is 1. The van der Waals surface area contributed by atoms with Crippen LogP contribution in [0.1, 0.15) is 12.8 Å². The van der Waals surface area contributed by atoms with Gasteiger partial charge < -0.3 is 15.0 Å². The molecule has 5 nitrogen and oxygen atoms in total. The van der Waals surface area contributed by atoms with Crippen molar-refractivity contribution in [2.75, 3.05) is 25.0 Å². The second kappa shape index (κ2) is 9.24. The van der Waals surface area contributed by atoms with Gasteiger partial charge >= 0.3 is 0 Å². The minimum atomic E-state index is -0.223. The minimum Gasteiger partial charge on any atom is -0.482 e. The molecule has 0 bridgehead atoms. The van der Waals surface area contributed by atoms with Crippen LogP contribution in [-0.2, 0) is 9.59 Å². The smallest absolute Gasteiger partial charge is 0.260 e. The molecule has 1 heterocycles. The number of ether oxygens (including phenoxy) is 1. The predicted octanol–water partition coefficient (Wildman–Crippen LogP) is 4.36. The molecule has 1 N–H and O–H groups in total. The Morgan fingerprint density at radius 3 is 2.74 bits per heavy atom. The van der Waals surface area contributed by atoms with Gasteiger partial charge in [-0.1, -0.05) is 45.7 Å². The van der Waals surface area contributed by atoms with E-state index in [0.717, 1.165) is 23.0 Å². The molecule has 0 saturated carbocycles. The fraction of sp³-hybridized carbons (Fsp3) is 0.300. The van der Waals surface area contributed by atoms with Crippen molar-refractivity contribution < 1.29 is 14.3 Å². The normalized spacial score (nSPS) is 16.7. The Hall–Kier alpha value is -2.05. The fourth-order valence-corrected chi connectivity index (χ4v) is 3.73. The Bertz CT molecular complexity index is 816. The van der Waals surface area contributed by atoms with Gasteiger partial charge in [0.1, 0.15) is 5.75 Å². The molecule has 0 radical (unpaired) electrons. The van der Waals surface area contributed by atoms with Crippen molar-refractivity contribution >= 4 is 45.0 Å². The van der Waals surface area contributed by atoms with Crippen LogP contribution < -0.4 is 10.1 Å². The SMILES string of the molecule is O=C(Nc1ccccc1)[C@@H]1CCCN(C(=O)COc2ccc(Br)cc2Cl)C1. The summed E-state index contributed by atoms with van der Waals surface area (Å²) in [6.07, 6.45) is 1.56. The predicted molar refractivity (Wildman–Crippen MR) is 109 cm³/mol. The molecule has 2 aromatic carbocycles. The number of hydrogen-bond donors (Lipinski definition) is 1. The molecule has 1 aliphatic heterocycles. The van der Waals surface area contributed by atoms with E-state index in [-0.39, 0.29) is 24.3 Å². The van der Waals surface area contributed by atoms with E-state index in [1.54, 1.807) is 23.1 Å². The summed E-state index contributed by atoms with van der Waals surface area (Å²) in [5.74, 6) is 0.0320. The molecule has 2 aromatic rings. The standard InChI is InChI=1S/C20H20BrClN2O3/c21-15-8-9-18(17(22)11-15)27-13-19(25)24-10-4-5-14(12-24)20(26)23-16-6-2-1-3-7-16/h1-3,6-9,11,14H,4-5,10,12-13H2,(H,23,26)/t14-/m1/s1. The molecule has 1 saturated heterocycles. The number of halogens is 2. The quantitative estimate of drug-likeness (QED) is 0.735. The highest BCUT2D eigenvalue weighted by Crippen LogP contribution is 2.28. The molecular formula is C20H20BrClN2O3. The molecule has 1 atom stereocenters. The molecule has 27 heavy (non-hydrogen) atoms. The van der Waals surface area contributed by atoms with E-state index in [9.17, 15) is 9.59 Å². The van der Waals surface area contributed by atoms with Crippen LogP contribution in [0, 0.1) is 5.92 Å². The largest absolute Gasteiger partial charge is 0.482 e. The summed E-state index contributed by atoms with van der Waals surface area (Å²) in [6.45, 7) is 0.925. The summed E-state index contributed by atoms with van der Waals surface area (Å²) in [5, 5.41) is 3.35. The first-order valence-electron chi connectivity index (χ1n) is 8.74. The number of hydrogen-bond acceptors (Lipinski definition) is 3. The lowest BCUT2D eigenvalue weighted by Gasteiger charge is -2.32. The van der Waals surface area contributed by atoms with Crippen LogP contribution in [0.2, 0.25) is 5.02 Å².